The molecule has 0 bridgehead atoms. The fourth-order valence-electron chi connectivity index (χ4n) is 6.13. The largest absolute Gasteiger partial charge is 0.179 e. The van der Waals surface area contributed by atoms with Gasteiger partial charge in [0.1, 0.15) is 0 Å². The molecule has 0 unspecified atom stereocenters. The molecule has 1 heteroatoms. The third-order valence-electron chi connectivity index (χ3n) is 7.98. The molecule has 3 aromatic carbocycles. The predicted molar refractivity (Wildman–Crippen MR) is 167 cm³/mol. The summed E-state index contributed by atoms with van der Waals surface area (Å²) in [6, 6.07) is 22.2. The molecule has 0 aliphatic heterocycles. The van der Waals surface area contributed by atoms with Crippen LogP contribution in [0.5, 0.6) is 0 Å². The van der Waals surface area contributed by atoms with Crippen LogP contribution in [0.2, 0.25) is 0 Å². The Morgan fingerprint density at radius 2 is 0.865 bits per heavy atom. The fraction of sp³-hybridized carbons (Fsp3) is 0.389. The average Bonchev–Trinajstić information content (AvgIpc) is 3.18. The molecule has 4 rings (SSSR count). The fourth-order valence-corrected chi connectivity index (χ4v) is 11.7. The normalized spacial score (nSPS) is 14.6. The first-order valence-corrected chi connectivity index (χ1v) is 15.8. The van der Waals surface area contributed by atoms with Gasteiger partial charge in [0.05, 0.1) is 0 Å². The zero-order valence-electron chi connectivity index (χ0n) is 25.1. The number of allylic oxidation sites excluding steroid dienone is 4. The van der Waals surface area contributed by atoms with Gasteiger partial charge in [-0.15, -0.1) is 0 Å². The van der Waals surface area contributed by atoms with Crippen LogP contribution in [0, 0.1) is 27.7 Å². The Morgan fingerprint density at radius 1 is 0.486 bits per heavy atom. The summed E-state index contributed by atoms with van der Waals surface area (Å²) in [5.41, 5.74) is 9.83. The lowest BCUT2D eigenvalue weighted by molar-refractivity contribution is 0.569. The summed E-state index contributed by atoms with van der Waals surface area (Å²) >= 11 is 0. The zero-order valence-corrected chi connectivity index (χ0v) is 26.1. The summed E-state index contributed by atoms with van der Waals surface area (Å²) in [4.78, 5) is 0. The van der Waals surface area contributed by atoms with Crippen LogP contribution >= 0.6 is 0 Å². The molecule has 0 saturated heterocycles. The molecule has 1 aliphatic rings. The molecule has 3 aromatic rings. The Morgan fingerprint density at radius 3 is 1.19 bits per heavy atom. The highest BCUT2D eigenvalue weighted by Gasteiger charge is 2.45. The van der Waals surface area contributed by atoms with E-state index in [0.29, 0.717) is 0 Å². The van der Waals surface area contributed by atoms with Gasteiger partial charge in [-0.1, -0.05) is 136 Å². The maximum Gasteiger partial charge on any atom is 0.179 e. The molecule has 194 valence electrons. The van der Waals surface area contributed by atoms with Crippen molar-refractivity contribution in [3.8, 4) is 0 Å². The molecule has 1 aliphatic carbocycles. The highest BCUT2D eigenvalue weighted by atomic mass is 28.3. The second-order valence-corrected chi connectivity index (χ2v) is 17.3. The molecule has 0 amide bonds. The molecule has 0 heterocycles. The smallest absolute Gasteiger partial charge is 0.0801 e. The Hall–Kier alpha value is -2.64. The molecule has 0 fully saturated rings. The van der Waals surface area contributed by atoms with E-state index >= 15 is 0 Å². The Bertz CT molecular complexity index is 1280. The maximum atomic E-state index is 2.57. The second kappa shape index (κ2) is 9.59. The van der Waals surface area contributed by atoms with Crippen LogP contribution in [-0.4, -0.2) is 8.07 Å². The maximum absolute atomic E-state index is 2.61. The number of benzene rings is 3. The van der Waals surface area contributed by atoms with Gasteiger partial charge >= 0.3 is 0 Å². The minimum Gasteiger partial charge on any atom is -0.0801 e. The van der Waals surface area contributed by atoms with E-state index in [1.807, 2.05) is 0 Å². The van der Waals surface area contributed by atoms with E-state index in [4.69, 9.17) is 0 Å². The van der Waals surface area contributed by atoms with Gasteiger partial charge in [-0.05, 0) is 83.8 Å². The molecule has 0 saturated carbocycles. The summed E-state index contributed by atoms with van der Waals surface area (Å²) in [7, 11) is -2.61. The molecular weight excluding hydrogens is 460 g/mol. The summed E-state index contributed by atoms with van der Waals surface area (Å²) in [6.07, 6.45) is 5.99. The molecule has 0 N–H and O–H groups in total. The lowest BCUT2D eigenvalue weighted by atomic mass is 9.81. The van der Waals surface area contributed by atoms with Crippen molar-refractivity contribution >= 4 is 23.6 Å². The summed E-state index contributed by atoms with van der Waals surface area (Å²) in [5, 5.41) is 6.08. The summed E-state index contributed by atoms with van der Waals surface area (Å²) < 4.78 is 0. The highest BCUT2D eigenvalue weighted by Crippen LogP contribution is 2.33. The van der Waals surface area contributed by atoms with Gasteiger partial charge in [-0.25, -0.2) is 0 Å². The molecule has 0 nitrogen and oxygen atoms in total. The van der Waals surface area contributed by atoms with Gasteiger partial charge in [0.2, 0.25) is 0 Å². The van der Waals surface area contributed by atoms with Gasteiger partial charge in [0.25, 0.3) is 0 Å². The standard InChI is InChI=1S/C36H46Si/c1-24-15-25(2)18-31(17-24)37(34-14-12-13-28(34)5,32-19-26(3)16-27(4)20-32)33-22-29(35(6,7)8)21-30(23-33)36(9,10)11/h13-23H,12H2,1-11H3. The highest BCUT2D eigenvalue weighted by molar-refractivity contribution is 7.16. The van der Waals surface area contributed by atoms with Crippen molar-refractivity contribution in [2.75, 3.05) is 0 Å². The molecule has 37 heavy (non-hydrogen) atoms. The third-order valence-corrected chi connectivity index (χ3v) is 12.9. The van der Waals surface area contributed by atoms with Crippen LogP contribution in [0.4, 0.5) is 0 Å². The van der Waals surface area contributed by atoms with Crippen LogP contribution in [0.15, 0.2) is 77.5 Å². The van der Waals surface area contributed by atoms with Gasteiger partial charge in [-0.3, -0.25) is 0 Å². The lowest BCUT2D eigenvalue weighted by Crippen LogP contribution is -2.69. The monoisotopic (exact) mass is 506 g/mol. The van der Waals surface area contributed by atoms with Crippen LogP contribution in [0.25, 0.3) is 0 Å². The molecule has 0 radical (unpaired) electrons. The van der Waals surface area contributed by atoms with Crippen LogP contribution in [0.1, 0.15) is 88.3 Å². The summed E-state index contributed by atoms with van der Waals surface area (Å²) in [5.74, 6) is 0. The second-order valence-electron chi connectivity index (χ2n) is 13.5. The van der Waals surface area contributed by atoms with Crippen LogP contribution < -0.4 is 15.6 Å². The first-order valence-electron chi connectivity index (χ1n) is 13.8. The van der Waals surface area contributed by atoms with Gasteiger partial charge < -0.3 is 0 Å². The molecule has 0 spiro atoms. The van der Waals surface area contributed by atoms with Crippen molar-refractivity contribution in [3.05, 3.63) is 111 Å². The predicted octanol–water partition coefficient (Wildman–Crippen LogP) is 7.80. The summed E-state index contributed by atoms with van der Waals surface area (Å²) in [6.45, 7) is 25.5. The van der Waals surface area contributed by atoms with Crippen LogP contribution in [0.3, 0.4) is 0 Å². The van der Waals surface area contributed by atoms with Crippen molar-refractivity contribution < 1.29 is 0 Å². The van der Waals surface area contributed by atoms with E-state index in [-0.39, 0.29) is 10.8 Å². The van der Waals surface area contributed by atoms with Crippen molar-refractivity contribution in [2.24, 2.45) is 0 Å². The quantitative estimate of drug-likeness (QED) is 0.250. The first kappa shape index (κ1) is 27.4. The number of hydrogen-bond acceptors (Lipinski definition) is 0. The van der Waals surface area contributed by atoms with E-state index < -0.39 is 8.07 Å². The van der Waals surface area contributed by atoms with Crippen molar-refractivity contribution in [1.82, 2.24) is 0 Å². The van der Waals surface area contributed by atoms with Gasteiger partial charge in [0, 0.05) is 0 Å². The third kappa shape index (κ3) is 5.21. The van der Waals surface area contributed by atoms with E-state index in [1.54, 1.807) is 5.20 Å². The minimum absolute atomic E-state index is 0.0656. The topological polar surface area (TPSA) is 0 Å². The average molecular weight is 507 g/mol. The Kier molecular flexibility index (Phi) is 7.10. The Labute approximate surface area is 227 Å². The van der Waals surface area contributed by atoms with Crippen molar-refractivity contribution in [1.29, 1.82) is 0 Å². The van der Waals surface area contributed by atoms with Gasteiger partial charge in [0.15, 0.2) is 8.07 Å². The molecule has 0 aromatic heterocycles. The molecule has 0 atom stereocenters. The SMILES string of the molecule is CC1=CCC=C1[Si](c1cc(C)cc(C)c1)(c1cc(C)cc(C)c1)c1cc(C(C)(C)C)cc(C(C)(C)C)c1. The number of hydrogen-bond donors (Lipinski definition) is 0. The van der Waals surface area contributed by atoms with Crippen molar-refractivity contribution in [3.63, 3.8) is 0 Å². The lowest BCUT2D eigenvalue weighted by Gasteiger charge is -2.39. The van der Waals surface area contributed by atoms with E-state index in [9.17, 15) is 0 Å². The van der Waals surface area contributed by atoms with Crippen LogP contribution in [-0.2, 0) is 10.8 Å². The molecular formula is C36H46Si. The first-order chi connectivity index (χ1) is 17.1. The minimum atomic E-state index is -2.61. The van der Waals surface area contributed by atoms with E-state index in [0.717, 1.165) is 6.42 Å². The van der Waals surface area contributed by atoms with Crippen molar-refractivity contribution in [2.45, 2.75) is 93.4 Å². The van der Waals surface area contributed by atoms with Gasteiger partial charge in [-0.2, -0.15) is 0 Å². The van der Waals surface area contributed by atoms with E-state index in [2.05, 4.69) is 143 Å². The van der Waals surface area contributed by atoms with E-state index in [1.165, 1.54) is 54.5 Å². The zero-order chi connectivity index (χ0) is 27.3. The number of rotatable bonds is 4. The number of aryl methyl sites for hydroxylation is 4. The Balaban J connectivity index is 2.28.